The van der Waals surface area contributed by atoms with E-state index in [4.69, 9.17) is 4.74 Å². The average molecular weight is 374 g/mol. The molecule has 0 fully saturated rings. The first-order chi connectivity index (χ1) is 13.4. The standard InChI is InChI=1S/C21H14N2O5/c1-12-5-10-15-18(11-12)22-19-16(20(15)24)3-2-4-17(19)21(25)28-14-8-6-13(7-9-14)23(26)27/h2-11H,1H3,(H,22,24). The van der Waals surface area contributed by atoms with Gasteiger partial charge in [0.25, 0.3) is 5.69 Å². The summed E-state index contributed by atoms with van der Waals surface area (Å²) < 4.78 is 5.34. The smallest absolute Gasteiger partial charge is 0.345 e. The maximum Gasteiger partial charge on any atom is 0.345 e. The first kappa shape index (κ1) is 17.4. The largest absolute Gasteiger partial charge is 0.423 e. The number of non-ortho nitro benzene ring substituents is 1. The van der Waals surface area contributed by atoms with Crippen molar-refractivity contribution >= 4 is 33.5 Å². The van der Waals surface area contributed by atoms with Crippen LogP contribution in [0.25, 0.3) is 21.8 Å². The van der Waals surface area contributed by atoms with Crippen LogP contribution in [0.5, 0.6) is 5.75 Å². The Morgan fingerprint density at radius 2 is 1.79 bits per heavy atom. The Bertz CT molecular complexity index is 1310. The van der Waals surface area contributed by atoms with Gasteiger partial charge in [0.2, 0.25) is 0 Å². The number of esters is 1. The van der Waals surface area contributed by atoms with Gasteiger partial charge in [0.1, 0.15) is 5.75 Å². The maximum absolute atomic E-state index is 12.8. The fraction of sp³-hybridized carbons (Fsp3) is 0.0476. The number of carbonyl (C=O) groups excluding carboxylic acids is 1. The van der Waals surface area contributed by atoms with Gasteiger partial charge in [-0.3, -0.25) is 14.9 Å². The monoisotopic (exact) mass is 374 g/mol. The van der Waals surface area contributed by atoms with Crippen molar-refractivity contribution in [3.8, 4) is 5.75 Å². The van der Waals surface area contributed by atoms with Crippen LogP contribution in [0.2, 0.25) is 0 Å². The van der Waals surface area contributed by atoms with Crippen LogP contribution >= 0.6 is 0 Å². The number of rotatable bonds is 3. The molecule has 1 heterocycles. The van der Waals surface area contributed by atoms with Crippen molar-refractivity contribution in [3.05, 3.63) is 92.1 Å². The van der Waals surface area contributed by atoms with Crippen LogP contribution in [-0.2, 0) is 0 Å². The van der Waals surface area contributed by atoms with E-state index in [1.807, 2.05) is 19.1 Å². The second-order valence-corrected chi connectivity index (χ2v) is 6.37. The van der Waals surface area contributed by atoms with E-state index in [1.165, 1.54) is 24.3 Å². The van der Waals surface area contributed by atoms with Crippen LogP contribution < -0.4 is 10.2 Å². The number of H-pyrrole nitrogens is 1. The van der Waals surface area contributed by atoms with E-state index in [9.17, 15) is 19.7 Å². The number of nitrogens with one attached hydrogen (secondary N) is 1. The number of aryl methyl sites for hydroxylation is 1. The lowest BCUT2D eigenvalue weighted by molar-refractivity contribution is -0.384. The van der Waals surface area contributed by atoms with Gasteiger partial charge in [-0.05, 0) is 48.9 Å². The number of nitrogens with zero attached hydrogens (tertiary/aromatic N) is 1. The van der Waals surface area contributed by atoms with Crippen molar-refractivity contribution < 1.29 is 14.5 Å². The Morgan fingerprint density at radius 1 is 1.04 bits per heavy atom. The van der Waals surface area contributed by atoms with Crippen molar-refractivity contribution in [2.45, 2.75) is 6.92 Å². The molecule has 0 radical (unpaired) electrons. The molecule has 7 nitrogen and oxygen atoms in total. The predicted octanol–water partition coefficient (Wildman–Crippen LogP) is 4.12. The Balaban J connectivity index is 1.79. The van der Waals surface area contributed by atoms with E-state index in [-0.39, 0.29) is 22.4 Å². The third kappa shape index (κ3) is 2.99. The quantitative estimate of drug-likeness (QED) is 0.191. The lowest BCUT2D eigenvalue weighted by Crippen LogP contribution is -2.12. The molecule has 4 aromatic rings. The second-order valence-electron chi connectivity index (χ2n) is 6.37. The van der Waals surface area contributed by atoms with E-state index in [2.05, 4.69) is 4.98 Å². The van der Waals surface area contributed by atoms with Gasteiger partial charge in [-0.25, -0.2) is 4.79 Å². The Kier molecular flexibility index (Phi) is 4.12. The fourth-order valence-corrected chi connectivity index (χ4v) is 3.08. The molecule has 0 bridgehead atoms. The first-order valence-electron chi connectivity index (χ1n) is 8.46. The summed E-state index contributed by atoms with van der Waals surface area (Å²) in [7, 11) is 0. The molecule has 0 aliphatic heterocycles. The van der Waals surface area contributed by atoms with Crippen molar-refractivity contribution in [2.24, 2.45) is 0 Å². The molecule has 0 aliphatic carbocycles. The highest BCUT2D eigenvalue weighted by Gasteiger charge is 2.16. The average Bonchev–Trinajstić information content (AvgIpc) is 2.68. The summed E-state index contributed by atoms with van der Waals surface area (Å²) in [5, 5.41) is 11.7. The molecule has 0 spiro atoms. The lowest BCUT2D eigenvalue weighted by Gasteiger charge is -2.09. The molecule has 0 saturated carbocycles. The van der Waals surface area contributed by atoms with Gasteiger partial charge >= 0.3 is 5.97 Å². The van der Waals surface area contributed by atoms with Gasteiger partial charge in [0.05, 0.1) is 21.5 Å². The van der Waals surface area contributed by atoms with Crippen LogP contribution in [0, 0.1) is 17.0 Å². The maximum atomic E-state index is 12.8. The number of para-hydroxylation sites is 1. The summed E-state index contributed by atoms with van der Waals surface area (Å²) in [6.07, 6.45) is 0. The zero-order chi connectivity index (χ0) is 19.8. The minimum absolute atomic E-state index is 0.101. The SMILES string of the molecule is Cc1ccc2c(=O)c3cccc(C(=O)Oc4ccc([N+](=O)[O-])cc4)c3[nH]c2c1. The molecule has 28 heavy (non-hydrogen) atoms. The van der Waals surface area contributed by atoms with E-state index < -0.39 is 10.9 Å². The third-order valence-electron chi connectivity index (χ3n) is 4.47. The van der Waals surface area contributed by atoms with Crippen LogP contribution in [0.4, 0.5) is 5.69 Å². The van der Waals surface area contributed by atoms with Gasteiger partial charge in [0.15, 0.2) is 5.43 Å². The molecule has 138 valence electrons. The Morgan fingerprint density at radius 3 is 2.50 bits per heavy atom. The van der Waals surface area contributed by atoms with Crippen molar-refractivity contribution in [2.75, 3.05) is 0 Å². The molecule has 7 heteroatoms. The highest BCUT2D eigenvalue weighted by atomic mass is 16.6. The van der Waals surface area contributed by atoms with E-state index >= 15 is 0 Å². The van der Waals surface area contributed by atoms with Crippen LogP contribution in [-0.4, -0.2) is 15.9 Å². The molecule has 0 aliphatic rings. The van der Waals surface area contributed by atoms with Gasteiger partial charge in [-0.1, -0.05) is 12.1 Å². The number of aromatic amines is 1. The summed E-state index contributed by atoms with van der Waals surface area (Å²) in [4.78, 5) is 38.8. The number of nitro benzene ring substituents is 1. The predicted molar refractivity (Wildman–Crippen MR) is 105 cm³/mol. The number of ether oxygens (including phenoxy) is 1. The van der Waals surface area contributed by atoms with E-state index in [1.54, 1.807) is 24.3 Å². The summed E-state index contributed by atoms with van der Waals surface area (Å²) >= 11 is 0. The highest BCUT2D eigenvalue weighted by molar-refractivity contribution is 6.06. The van der Waals surface area contributed by atoms with Crippen LogP contribution in [0.15, 0.2) is 65.5 Å². The molecule has 1 N–H and O–H groups in total. The number of nitro groups is 1. The number of fused-ring (bicyclic) bond motifs is 2. The Labute approximate surface area is 158 Å². The van der Waals surface area contributed by atoms with Crippen molar-refractivity contribution in [1.82, 2.24) is 4.98 Å². The number of hydrogen-bond acceptors (Lipinski definition) is 5. The van der Waals surface area contributed by atoms with Gasteiger partial charge < -0.3 is 9.72 Å². The molecule has 3 aromatic carbocycles. The van der Waals surface area contributed by atoms with E-state index in [0.717, 1.165) is 5.56 Å². The number of benzene rings is 3. The molecule has 0 saturated heterocycles. The first-order valence-corrected chi connectivity index (χ1v) is 8.46. The topological polar surface area (TPSA) is 102 Å². The molecule has 4 rings (SSSR count). The summed E-state index contributed by atoms with van der Waals surface area (Å²) in [6.45, 7) is 1.91. The summed E-state index contributed by atoms with van der Waals surface area (Å²) in [6, 6.07) is 15.5. The minimum atomic E-state index is -0.665. The fourth-order valence-electron chi connectivity index (χ4n) is 3.08. The van der Waals surface area contributed by atoms with Crippen molar-refractivity contribution in [1.29, 1.82) is 0 Å². The van der Waals surface area contributed by atoms with Crippen LogP contribution in [0.1, 0.15) is 15.9 Å². The zero-order valence-corrected chi connectivity index (χ0v) is 14.8. The summed E-state index contributed by atoms with van der Waals surface area (Å²) in [5.74, 6) is -0.492. The number of hydrogen-bond donors (Lipinski definition) is 1. The lowest BCUT2D eigenvalue weighted by atomic mass is 10.1. The van der Waals surface area contributed by atoms with Crippen LogP contribution in [0.3, 0.4) is 0 Å². The number of aromatic nitrogens is 1. The molecule has 0 amide bonds. The number of carbonyl (C=O) groups is 1. The van der Waals surface area contributed by atoms with Gasteiger partial charge in [-0.2, -0.15) is 0 Å². The minimum Gasteiger partial charge on any atom is -0.423 e. The summed E-state index contributed by atoms with van der Waals surface area (Å²) in [5.41, 5.74) is 1.93. The highest BCUT2D eigenvalue weighted by Crippen LogP contribution is 2.22. The zero-order valence-electron chi connectivity index (χ0n) is 14.8. The molecule has 0 unspecified atom stereocenters. The Hall–Kier alpha value is -4.00. The van der Waals surface area contributed by atoms with Crippen molar-refractivity contribution in [3.63, 3.8) is 0 Å². The third-order valence-corrected chi connectivity index (χ3v) is 4.47. The number of pyridine rings is 1. The van der Waals surface area contributed by atoms with Gasteiger partial charge in [0, 0.05) is 22.9 Å². The second kappa shape index (κ2) is 6.62. The molecule has 1 aromatic heterocycles. The van der Waals surface area contributed by atoms with E-state index in [0.29, 0.717) is 21.8 Å². The molecule has 0 atom stereocenters. The molecular formula is C21H14N2O5. The molecular weight excluding hydrogens is 360 g/mol. The normalized spacial score (nSPS) is 10.9. The van der Waals surface area contributed by atoms with Gasteiger partial charge in [-0.15, -0.1) is 0 Å².